The second-order valence-corrected chi connectivity index (χ2v) is 7.50. The summed E-state index contributed by atoms with van der Waals surface area (Å²) in [6.07, 6.45) is 3.06. The number of carbonyl (C=O) groups is 1. The minimum Gasteiger partial charge on any atom is -0.497 e. The molecule has 5 nitrogen and oxygen atoms in total. The molecule has 1 fully saturated rings. The van der Waals surface area contributed by atoms with Crippen LogP contribution in [0.5, 0.6) is 5.75 Å². The molecule has 1 saturated heterocycles. The Labute approximate surface area is 158 Å². The van der Waals surface area contributed by atoms with Crippen molar-refractivity contribution in [3.63, 3.8) is 0 Å². The van der Waals surface area contributed by atoms with Gasteiger partial charge < -0.3 is 15.0 Å². The molecule has 1 N–H and O–H groups in total. The lowest BCUT2D eigenvalue weighted by Crippen LogP contribution is -2.55. The van der Waals surface area contributed by atoms with Gasteiger partial charge in [0.1, 0.15) is 5.75 Å². The quantitative estimate of drug-likeness (QED) is 0.772. The third-order valence-corrected chi connectivity index (χ3v) is 5.50. The molecular formula is C21H35N3O2. The van der Waals surface area contributed by atoms with Crippen molar-refractivity contribution in [2.24, 2.45) is 5.92 Å². The van der Waals surface area contributed by atoms with E-state index in [0.717, 1.165) is 44.6 Å². The first-order chi connectivity index (χ1) is 12.5. The number of nitrogens with one attached hydrogen (secondary N) is 1. The van der Waals surface area contributed by atoms with E-state index >= 15 is 0 Å². The molecule has 1 aromatic rings. The van der Waals surface area contributed by atoms with E-state index in [1.807, 2.05) is 26.2 Å². The van der Waals surface area contributed by atoms with Gasteiger partial charge in [0.2, 0.25) is 5.91 Å². The molecular weight excluding hydrogens is 326 g/mol. The summed E-state index contributed by atoms with van der Waals surface area (Å²) < 4.78 is 5.25. The van der Waals surface area contributed by atoms with Gasteiger partial charge in [-0.25, -0.2) is 0 Å². The van der Waals surface area contributed by atoms with E-state index in [0.29, 0.717) is 12.0 Å². The summed E-state index contributed by atoms with van der Waals surface area (Å²) in [5, 5.41) is 3.42. The van der Waals surface area contributed by atoms with Gasteiger partial charge in [-0.2, -0.15) is 0 Å². The Bertz CT molecular complexity index is 553. The average molecular weight is 362 g/mol. The fourth-order valence-corrected chi connectivity index (χ4v) is 4.04. The summed E-state index contributed by atoms with van der Waals surface area (Å²) in [6, 6.07) is 8.52. The Hall–Kier alpha value is -1.59. The lowest BCUT2D eigenvalue weighted by atomic mass is 9.87. The number of hydrogen-bond donors (Lipinski definition) is 1. The van der Waals surface area contributed by atoms with E-state index in [1.165, 1.54) is 5.56 Å². The minimum absolute atomic E-state index is 0.0367. The van der Waals surface area contributed by atoms with Gasteiger partial charge in [0.05, 0.1) is 13.2 Å². The number of likely N-dealkylation sites (N-methyl/N-ethyl adjacent to an activating group) is 2. The number of amides is 1. The van der Waals surface area contributed by atoms with Crippen LogP contribution in [0.4, 0.5) is 0 Å². The summed E-state index contributed by atoms with van der Waals surface area (Å²) in [5.41, 5.74) is 1.28. The van der Waals surface area contributed by atoms with Gasteiger partial charge in [-0.3, -0.25) is 9.69 Å². The molecule has 0 spiro atoms. The number of benzene rings is 1. The summed E-state index contributed by atoms with van der Waals surface area (Å²) in [4.78, 5) is 17.2. The van der Waals surface area contributed by atoms with Crippen molar-refractivity contribution in [3.05, 3.63) is 29.8 Å². The second-order valence-electron chi connectivity index (χ2n) is 7.50. The number of nitrogens with zero attached hydrogens (tertiary/aromatic N) is 2. The molecule has 26 heavy (non-hydrogen) atoms. The van der Waals surface area contributed by atoms with Crippen molar-refractivity contribution in [2.45, 2.75) is 45.2 Å². The summed E-state index contributed by atoms with van der Waals surface area (Å²) in [6.45, 7) is 7.30. The molecule has 1 aromatic carbocycles. The zero-order valence-electron chi connectivity index (χ0n) is 17.0. The van der Waals surface area contributed by atoms with Crippen LogP contribution in [0.25, 0.3) is 0 Å². The van der Waals surface area contributed by atoms with Crippen LogP contribution in [0.15, 0.2) is 24.3 Å². The van der Waals surface area contributed by atoms with E-state index in [1.54, 1.807) is 12.0 Å². The van der Waals surface area contributed by atoms with Crippen molar-refractivity contribution in [2.75, 3.05) is 40.8 Å². The molecule has 2 atom stereocenters. The first kappa shape index (κ1) is 20.7. The normalized spacial score (nSPS) is 17.8. The zero-order chi connectivity index (χ0) is 19.1. The highest BCUT2D eigenvalue weighted by atomic mass is 16.5. The third kappa shape index (κ3) is 5.21. The molecule has 0 aliphatic carbocycles. The van der Waals surface area contributed by atoms with Crippen LogP contribution in [-0.2, 0) is 11.2 Å². The predicted octanol–water partition coefficient (Wildman–Crippen LogP) is 2.40. The van der Waals surface area contributed by atoms with Crippen LogP contribution in [0.3, 0.4) is 0 Å². The first-order valence-corrected chi connectivity index (χ1v) is 9.78. The smallest absolute Gasteiger partial charge is 0.239 e. The molecule has 5 heteroatoms. The van der Waals surface area contributed by atoms with Crippen molar-refractivity contribution >= 4 is 5.91 Å². The van der Waals surface area contributed by atoms with Crippen molar-refractivity contribution in [3.8, 4) is 5.75 Å². The summed E-state index contributed by atoms with van der Waals surface area (Å²) in [5.74, 6) is 1.54. The molecule has 146 valence electrons. The van der Waals surface area contributed by atoms with E-state index < -0.39 is 0 Å². The largest absolute Gasteiger partial charge is 0.497 e. The topological polar surface area (TPSA) is 44.8 Å². The molecule has 1 aliphatic heterocycles. The Balaban J connectivity index is 2.16. The van der Waals surface area contributed by atoms with Crippen LogP contribution in [0.2, 0.25) is 0 Å². The molecule has 2 rings (SSSR count). The molecule has 0 radical (unpaired) electrons. The van der Waals surface area contributed by atoms with E-state index in [2.05, 4.69) is 36.2 Å². The van der Waals surface area contributed by atoms with Gasteiger partial charge in [0.15, 0.2) is 0 Å². The number of methoxy groups -OCH3 is 1. The highest BCUT2D eigenvalue weighted by Gasteiger charge is 2.36. The number of hydrogen-bond acceptors (Lipinski definition) is 4. The van der Waals surface area contributed by atoms with E-state index in [4.69, 9.17) is 4.74 Å². The Morgan fingerprint density at radius 3 is 2.35 bits per heavy atom. The number of carbonyl (C=O) groups excluding carboxylic acids is 1. The van der Waals surface area contributed by atoms with Gasteiger partial charge in [-0.15, -0.1) is 0 Å². The summed E-state index contributed by atoms with van der Waals surface area (Å²) >= 11 is 0. The van der Waals surface area contributed by atoms with Crippen LogP contribution in [-0.4, -0.2) is 68.6 Å². The Morgan fingerprint density at radius 1 is 1.23 bits per heavy atom. The molecule has 0 aromatic heterocycles. The molecule has 0 bridgehead atoms. The molecule has 1 heterocycles. The van der Waals surface area contributed by atoms with Crippen molar-refractivity contribution < 1.29 is 9.53 Å². The number of rotatable bonds is 8. The summed E-state index contributed by atoms with van der Waals surface area (Å²) in [7, 11) is 5.43. The number of ether oxygens (including phenoxy) is 1. The SMILES string of the molecule is CCN(C(C)Cc1ccc(OC)cc1)C(C(=O)N(C)C)C1CCNCC1. The van der Waals surface area contributed by atoms with Gasteiger partial charge in [-0.1, -0.05) is 19.1 Å². The average Bonchev–Trinajstić information content (AvgIpc) is 2.66. The first-order valence-electron chi connectivity index (χ1n) is 9.78. The second kappa shape index (κ2) is 9.93. The predicted molar refractivity (Wildman–Crippen MR) is 107 cm³/mol. The highest BCUT2D eigenvalue weighted by Crippen LogP contribution is 2.25. The van der Waals surface area contributed by atoms with Gasteiger partial charge in [-0.05, 0) is 69.4 Å². The molecule has 0 saturated carbocycles. The molecule has 1 amide bonds. The fourth-order valence-electron chi connectivity index (χ4n) is 4.04. The molecule has 1 aliphatic rings. The fraction of sp³-hybridized carbons (Fsp3) is 0.667. The van der Waals surface area contributed by atoms with Gasteiger partial charge >= 0.3 is 0 Å². The lowest BCUT2D eigenvalue weighted by Gasteiger charge is -2.41. The molecule has 2 unspecified atom stereocenters. The maximum absolute atomic E-state index is 13.0. The Kier molecular flexibility index (Phi) is 7.91. The van der Waals surface area contributed by atoms with Crippen molar-refractivity contribution in [1.29, 1.82) is 0 Å². The van der Waals surface area contributed by atoms with Crippen molar-refractivity contribution in [1.82, 2.24) is 15.1 Å². The highest BCUT2D eigenvalue weighted by molar-refractivity contribution is 5.81. The lowest BCUT2D eigenvalue weighted by molar-refractivity contribution is -0.138. The van der Waals surface area contributed by atoms with Crippen LogP contribution < -0.4 is 10.1 Å². The van der Waals surface area contributed by atoms with Gasteiger partial charge in [0.25, 0.3) is 0 Å². The monoisotopic (exact) mass is 361 g/mol. The Morgan fingerprint density at radius 2 is 1.85 bits per heavy atom. The van der Waals surface area contributed by atoms with Crippen LogP contribution in [0.1, 0.15) is 32.3 Å². The standard InChI is InChI=1S/C21H35N3O2/c1-6-24(16(2)15-17-7-9-19(26-5)10-8-17)20(21(25)23(3)4)18-11-13-22-14-12-18/h7-10,16,18,20,22H,6,11-15H2,1-5H3. The maximum Gasteiger partial charge on any atom is 0.239 e. The maximum atomic E-state index is 13.0. The zero-order valence-corrected chi connectivity index (χ0v) is 17.0. The minimum atomic E-state index is -0.0367. The number of piperidine rings is 1. The third-order valence-electron chi connectivity index (χ3n) is 5.50. The van der Waals surface area contributed by atoms with E-state index in [9.17, 15) is 4.79 Å². The van der Waals surface area contributed by atoms with E-state index in [-0.39, 0.29) is 11.9 Å². The van der Waals surface area contributed by atoms with Crippen LogP contribution >= 0.6 is 0 Å². The van der Waals surface area contributed by atoms with Gasteiger partial charge in [0, 0.05) is 20.1 Å². The van der Waals surface area contributed by atoms with Crippen LogP contribution in [0, 0.1) is 5.92 Å².